The first-order valence-electron chi connectivity index (χ1n) is 12.5. The van der Waals surface area contributed by atoms with Crippen LogP contribution in [0.25, 0.3) is 22.6 Å². The Morgan fingerprint density at radius 1 is 0.805 bits per heavy atom. The summed E-state index contributed by atoms with van der Waals surface area (Å²) in [6.07, 6.45) is 1.96. The minimum absolute atomic E-state index is 0.0848. The van der Waals surface area contributed by atoms with Gasteiger partial charge in [-0.25, -0.2) is 9.97 Å². The van der Waals surface area contributed by atoms with E-state index in [9.17, 15) is 20.3 Å². The predicted octanol–water partition coefficient (Wildman–Crippen LogP) is 6.31. The molecule has 2 aromatic heterocycles. The molecular weight excluding hydrogens is 571 g/mol. The van der Waals surface area contributed by atoms with Gasteiger partial charge in [0.05, 0.1) is 49.2 Å². The van der Waals surface area contributed by atoms with Gasteiger partial charge in [-0.2, -0.15) is 0 Å². The highest BCUT2D eigenvalue weighted by Crippen LogP contribution is 2.29. The minimum atomic E-state index is -1.21. The van der Waals surface area contributed by atoms with Crippen LogP contribution in [0.3, 0.4) is 0 Å². The molecule has 0 saturated heterocycles. The van der Waals surface area contributed by atoms with Crippen LogP contribution in [0.2, 0.25) is 10.0 Å². The van der Waals surface area contributed by atoms with Crippen molar-refractivity contribution in [3.8, 4) is 22.6 Å². The van der Waals surface area contributed by atoms with E-state index in [4.69, 9.17) is 32.0 Å². The molecule has 0 saturated carbocycles. The van der Waals surface area contributed by atoms with Gasteiger partial charge in [-0.15, -0.1) is 0 Å². The number of non-ortho nitro benzene ring substituents is 1. The van der Waals surface area contributed by atoms with Crippen LogP contribution in [0.5, 0.6) is 0 Å². The molecule has 210 valence electrons. The van der Waals surface area contributed by atoms with Gasteiger partial charge in [0.1, 0.15) is 0 Å². The van der Waals surface area contributed by atoms with Crippen molar-refractivity contribution in [3.63, 3.8) is 0 Å². The molecule has 2 atom stereocenters. The van der Waals surface area contributed by atoms with E-state index in [0.717, 1.165) is 11.1 Å². The SMILES string of the molecule is O=[N+]([O-])c1ccc([C@H](O)[C@H](CO)N(Cc2ncc(-c3ccc(Cl)cc3)o2)Cc2ncc(-c3ccc(Cl)cc3)o2)cc1. The zero-order valence-corrected chi connectivity index (χ0v) is 22.9. The molecule has 2 heterocycles. The van der Waals surface area contributed by atoms with Crippen molar-refractivity contribution in [2.75, 3.05) is 6.61 Å². The lowest BCUT2D eigenvalue weighted by molar-refractivity contribution is -0.384. The molecule has 0 amide bonds. The Hall–Kier alpha value is -4.06. The quantitative estimate of drug-likeness (QED) is 0.133. The lowest BCUT2D eigenvalue weighted by atomic mass is 10.0. The number of hydrogen-bond donors (Lipinski definition) is 2. The molecule has 0 radical (unpaired) electrons. The Bertz CT molecular complexity index is 1520. The third kappa shape index (κ3) is 6.82. The van der Waals surface area contributed by atoms with Crippen LogP contribution in [-0.2, 0) is 13.1 Å². The number of halogens is 2. The van der Waals surface area contributed by atoms with Crippen molar-refractivity contribution in [1.82, 2.24) is 14.9 Å². The van der Waals surface area contributed by atoms with Crippen LogP contribution in [0.4, 0.5) is 5.69 Å². The molecule has 0 aliphatic heterocycles. The fourth-order valence-electron chi connectivity index (χ4n) is 4.33. The Labute approximate surface area is 244 Å². The zero-order valence-electron chi connectivity index (χ0n) is 21.4. The van der Waals surface area contributed by atoms with E-state index < -0.39 is 23.7 Å². The van der Waals surface area contributed by atoms with Gasteiger partial charge < -0.3 is 19.0 Å². The summed E-state index contributed by atoms with van der Waals surface area (Å²) in [6, 6.07) is 18.9. The Balaban J connectivity index is 1.43. The smallest absolute Gasteiger partial charge is 0.269 e. The van der Waals surface area contributed by atoms with Crippen LogP contribution in [0.1, 0.15) is 23.4 Å². The van der Waals surface area contributed by atoms with Gasteiger partial charge in [0.2, 0.25) is 11.8 Å². The highest BCUT2D eigenvalue weighted by Gasteiger charge is 2.30. The molecule has 0 fully saturated rings. The van der Waals surface area contributed by atoms with E-state index in [1.165, 1.54) is 24.3 Å². The van der Waals surface area contributed by atoms with Crippen molar-refractivity contribution in [1.29, 1.82) is 0 Å². The Kier molecular flexibility index (Phi) is 8.77. The van der Waals surface area contributed by atoms with Crippen molar-refractivity contribution >= 4 is 28.9 Å². The number of nitrogens with zero attached hydrogens (tertiary/aromatic N) is 4. The van der Waals surface area contributed by atoms with Gasteiger partial charge in [-0.3, -0.25) is 15.0 Å². The lowest BCUT2D eigenvalue weighted by Gasteiger charge is -2.32. The minimum Gasteiger partial charge on any atom is -0.439 e. The molecule has 3 aromatic carbocycles. The van der Waals surface area contributed by atoms with Gasteiger partial charge in [-0.05, 0) is 66.2 Å². The predicted molar refractivity (Wildman–Crippen MR) is 152 cm³/mol. The second kappa shape index (κ2) is 12.6. The maximum absolute atomic E-state index is 11.3. The summed E-state index contributed by atoms with van der Waals surface area (Å²) in [7, 11) is 0. The standard InChI is InChI=1S/C29H24Cl2N4O6/c30-21-7-1-18(2-8-21)25-13-32-27(40-25)15-34(16-28-33-14-26(41-28)19-3-9-22(31)10-4-19)24(17-36)29(37)20-5-11-23(12-6-20)35(38)39/h1-14,24,29,36-37H,15-17H2/t24-,29-/m0/s1. The molecule has 0 aliphatic carbocycles. The summed E-state index contributed by atoms with van der Waals surface area (Å²) in [6.45, 7) is -0.281. The number of nitro groups is 1. The summed E-state index contributed by atoms with van der Waals surface area (Å²) >= 11 is 12.0. The average molecular weight is 595 g/mol. The summed E-state index contributed by atoms with van der Waals surface area (Å²) in [5, 5.41) is 33.9. The molecule has 5 rings (SSSR count). The molecule has 41 heavy (non-hydrogen) atoms. The third-order valence-corrected chi connectivity index (χ3v) is 7.01. The summed E-state index contributed by atoms with van der Waals surface area (Å²) in [5.74, 6) is 1.70. The van der Waals surface area contributed by atoms with Crippen molar-refractivity contribution in [3.05, 3.63) is 123 Å². The molecule has 10 nitrogen and oxygen atoms in total. The monoisotopic (exact) mass is 594 g/mol. The zero-order chi connectivity index (χ0) is 28.9. The molecule has 5 aromatic rings. The summed E-state index contributed by atoms with van der Waals surface area (Å²) in [5.41, 5.74) is 1.85. The largest absolute Gasteiger partial charge is 0.439 e. The first-order valence-corrected chi connectivity index (χ1v) is 13.2. The molecule has 0 unspecified atom stereocenters. The number of oxazole rings is 2. The van der Waals surface area contributed by atoms with Crippen molar-refractivity contribution in [2.45, 2.75) is 25.2 Å². The van der Waals surface area contributed by atoms with Gasteiger partial charge in [0.15, 0.2) is 11.5 Å². The number of aliphatic hydroxyl groups excluding tert-OH is 2. The topological polar surface area (TPSA) is 139 Å². The lowest BCUT2D eigenvalue weighted by Crippen LogP contribution is -2.41. The first kappa shape index (κ1) is 28.5. The van der Waals surface area contributed by atoms with Crippen molar-refractivity contribution in [2.24, 2.45) is 0 Å². The van der Waals surface area contributed by atoms with Crippen LogP contribution >= 0.6 is 23.2 Å². The normalized spacial score (nSPS) is 12.9. The maximum Gasteiger partial charge on any atom is 0.269 e. The van der Waals surface area contributed by atoms with E-state index in [2.05, 4.69) is 9.97 Å². The number of aromatic nitrogens is 2. The van der Waals surface area contributed by atoms with Crippen LogP contribution in [0.15, 0.2) is 94.0 Å². The molecule has 2 N–H and O–H groups in total. The highest BCUT2D eigenvalue weighted by atomic mass is 35.5. The van der Waals surface area contributed by atoms with Gasteiger partial charge >= 0.3 is 0 Å². The molecule has 12 heteroatoms. The number of benzene rings is 3. The van der Waals surface area contributed by atoms with E-state index in [0.29, 0.717) is 38.9 Å². The third-order valence-electron chi connectivity index (χ3n) is 6.51. The van der Waals surface area contributed by atoms with Crippen LogP contribution < -0.4 is 0 Å². The maximum atomic E-state index is 11.3. The Morgan fingerprint density at radius 2 is 1.27 bits per heavy atom. The molecule has 0 aliphatic rings. The average Bonchev–Trinajstić information content (AvgIpc) is 3.64. The summed E-state index contributed by atoms with van der Waals surface area (Å²) in [4.78, 5) is 21.1. The molecule has 0 bridgehead atoms. The number of rotatable bonds is 11. The van der Waals surface area contributed by atoms with E-state index >= 15 is 0 Å². The molecule has 0 spiro atoms. The van der Waals surface area contributed by atoms with Crippen molar-refractivity contribution < 1.29 is 24.0 Å². The number of aliphatic hydroxyl groups is 2. The van der Waals surface area contributed by atoms with Crippen LogP contribution in [0, 0.1) is 10.1 Å². The Morgan fingerprint density at radius 3 is 1.68 bits per heavy atom. The van der Waals surface area contributed by atoms with E-state index in [1.807, 2.05) is 24.3 Å². The number of nitro benzene ring substituents is 1. The van der Waals surface area contributed by atoms with Gasteiger partial charge in [-0.1, -0.05) is 23.2 Å². The second-order valence-corrected chi connectivity index (χ2v) is 10.1. The van der Waals surface area contributed by atoms with E-state index in [-0.39, 0.29) is 18.8 Å². The highest BCUT2D eigenvalue weighted by molar-refractivity contribution is 6.30. The summed E-state index contributed by atoms with van der Waals surface area (Å²) < 4.78 is 12.0. The fourth-order valence-corrected chi connectivity index (χ4v) is 4.58. The second-order valence-electron chi connectivity index (χ2n) is 9.20. The number of hydrogen-bond acceptors (Lipinski definition) is 9. The molecular formula is C29H24Cl2N4O6. The van der Waals surface area contributed by atoms with Gasteiger partial charge in [0.25, 0.3) is 5.69 Å². The first-order chi connectivity index (χ1) is 19.8. The van der Waals surface area contributed by atoms with Crippen LogP contribution in [-0.4, -0.2) is 42.7 Å². The fraction of sp³-hybridized carbons (Fsp3) is 0.172. The van der Waals surface area contributed by atoms with E-state index in [1.54, 1.807) is 41.6 Å². The van der Waals surface area contributed by atoms with Gasteiger partial charge in [0, 0.05) is 33.3 Å².